The van der Waals surface area contributed by atoms with Crippen LogP contribution in [0.2, 0.25) is 5.02 Å². The van der Waals surface area contributed by atoms with E-state index in [2.05, 4.69) is 0 Å². The van der Waals surface area contributed by atoms with Crippen LogP contribution in [-0.4, -0.2) is 30.2 Å². The molecule has 1 fully saturated rings. The van der Waals surface area contributed by atoms with E-state index in [0.717, 1.165) is 12.8 Å². The molecule has 1 aromatic rings. The zero-order valence-corrected chi connectivity index (χ0v) is 13.3. The summed E-state index contributed by atoms with van der Waals surface area (Å²) in [4.78, 5) is 1.65. The van der Waals surface area contributed by atoms with Crippen molar-refractivity contribution in [3.8, 4) is 0 Å². The minimum Gasteiger partial charge on any atom is -0.329 e. The summed E-state index contributed by atoms with van der Waals surface area (Å²) in [6.07, 6.45) is -3.87. The fourth-order valence-corrected chi connectivity index (χ4v) is 2.73. The molecule has 0 spiro atoms. The lowest BCUT2D eigenvalue weighted by Crippen LogP contribution is -2.38. The highest BCUT2D eigenvalue weighted by molar-refractivity contribution is 6.30. The molecule has 0 aromatic heterocycles. The van der Waals surface area contributed by atoms with Crippen molar-refractivity contribution >= 4 is 24.0 Å². The van der Waals surface area contributed by atoms with Gasteiger partial charge in [0.2, 0.25) is 0 Å². The van der Waals surface area contributed by atoms with E-state index < -0.39 is 24.5 Å². The molecule has 8 heteroatoms. The van der Waals surface area contributed by atoms with E-state index in [1.807, 2.05) is 0 Å². The average Bonchev–Trinajstić information content (AvgIpc) is 3.20. The lowest BCUT2D eigenvalue weighted by atomic mass is 10.0. The molecule has 1 aromatic carbocycles. The molecule has 0 heterocycles. The van der Waals surface area contributed by atoms with Gasteiger partial charge >= 0.3 is 6.18 Å². The van der Waals surface area contributed by atoms with Gasteiger partial charge in [-0.05, 0) is 18.9 Å². The average molecular weight is 361 g/mol. The molecule has 1 aliphatic rings. The summed E-state index contributed by atoms with van der Waals surface area (Å²) in [6.45, 7) is 0.532. The third-order valence-electron chi connectivity index (χ3n) is 3.57. The second-order valence-corrected chi connectivity index (χ2v) is 5.64. The minimum atomic E-state index is -4.39. The van der Waals surface area contributed by atoms with Gasteiger partial charge in [-0.15, -0.1) is 12.4 Å². The summed E-state index contributed by atoms with van der Waals surface area (Å²) in [5.74, 6) is -0.781. The number of hydrogen-bond acceptors (Lipinski definition) is 2. The van der Waals surface area contributed by atoms with E-state index in [1.54, 1.807) is 4.90 Å². The SMILES string of the molecule is Cl.NCCN(C1CC1)C(CC(F)(F)F)c1cccc(Cl)c1F. The molecule has 1 unspecified atom stereocenters. The molecule has 0 amide bonds. The van der Waals surface area contributed by atoms with Crippen molar-refractivity contribution in [3.05, 3.63) is 34.6 Å². The van der Waals surface area contributed by atoms with Gasteiger partial charge in [0.15, 0.2) is 0 Å². The molecule has 1 atom stereocenters. The van der Waals surface area contributed by atoms with Crippen LogP contribution in [0.1, 0.15) is 30.9 Å². The van der Waals surface area contributed by atoms with Crippen LogP contribution in [0.4, 0.5) is 17.6 Å². The Morgan fingerprint density at radius 1 is 1.32 bits per heavy atom. The topological polar surface area (TPSA) is 29.3 Å². The maximum atomic E-state index is 14.2. The monoisotopic (exact) mass is 360 g/mol. The first-order chi connectivity index (χ1) is 9.83. The van der Waals surface area contributed by atoms with E-state index in [0.29, 0.717) is 6.54 Å². The van der Waals surface area contributed by atoms with Gasteiger partial charge in [-0.1, -0.05) is 23.7 Å². The fourth-order valence-electron chi connectivity index (χ4n) is 2.55. The van der Waals surface area contributed by atoms with Crippen LogP contribution in [0.3, 0.4) is 0 Å². The summed E-state index contributed by atoms with van der Waals surface area (Å²) in [6, 6.07) is 3.12. The highest BCUT2D eigenvalue weighted by Crippen LogP contribution is 2.41. The first-order valence-corrected chi connectivity index (χ1v) is 7.17. The normalized spacial score (nSPS) is 16.5. The Labute approximate surface area is 138 Å². The van der Waals surface area contributed by atoms with Crippen LogP contribution < -0.4 is 5.73 Å². The van der Waals surface area contributed by atoms with Crippen molar-refractivity contribution < 1.29 is 17.6 Å². The number of benzene rings is 1. The molecule has 1 saturated carbocycles. The lowest BCUT2D eigenvalue weighted by Gasteiger charge is -2.33. The number of nitrogens with two attached hydrogens (primary N) is 1. The number of nitrogens with zero attached hydrogens (tertiary/aromatic N) is 1. The van der Waals surface area contributed by atoms with E-state index in [-0.39, 0.29) is 35.6 Å². The third-order valence-corrected chi connectivity index (χ3v) is 3.86. The molecule has 126 valence electrons. The molecular formula is C14H18Cl2F4N2. The predicted molar refractivity (Wildman–Crippen MR) is 80.9 cm³/mol. The zero-order valence-electron chi connectivity index (χ0n) is 11.7. The molecule has 0 radical (unpaired) electrons. The maximum Gasteiger partial charge on any atom is 0.390 e. The molecular weight excluding hydrogens is 343 g/mol. The lowest BCUT2D eigenvalue weighted by molar-refractivity contribution is -0.148. The van der Waals surface area contributed by atoms with Crippen LogP contribution in [0.5, 0.6) is 0 Å². The molecule has 2 nitrogen and oxygen atoms in total. The van der Waals surface area contributed by atoms with Gasteiger partial charge in [0.05, 0.1) is 11.4 Å². The van der Waals surface area contributed by atoms with E-state index >= 15 is 0 Å². The van der Waals surface area contributed by atoms with E-state index in [1.165, 1.54) is 18.2 Å². The maximum absolute atomic E-state index is 14.2. The van der Waals surface area contributed by atoms with Crippen molar-refractivity contribution in [2.24, 2.45) is 5.73 Å². The summed E-state index contributed by atoms with van der Waals surface area (Å²) < 4.78 is 52.8. The summed E-state index contributed by atoms with van der Waals surface area (Å²) in [5, 5.41) is -0.164. The van der Waals surface area contributed by atoms with Crippen molar-refractivity contribution in [3.63, 3.8) is 0 Å². The number of alkyl halides is 3. The molecule has 0 aliphatic heterocycles. The number of rotatable bonds is 6. The minimum absolute atomic E-state index is 0. The number of halogens is 6. The van der Waals surface area contributed by atoms with Crippen molar-refractivity contribution in [2.45, 2.75) is 37.5 Å². The molecule has 0 saturated heterocycles. The Morgan fingerprint density at radius 3 is 2.45 bits per heavy atom. The Balaban J connectivity index is 0.00000242. The predicted octanol–water partition coefficient (Wildman–Crippen LogP) is 4.32. The van der Waals surface area contributed by atoms with Crippen molar-refractivity contribution in [1.29, 1.82) is 0 Å². The highest BCUT2D eigenvalue weighted by atomic mass is 35.5. The summed E-state index contributed by atoms with van der Waals surface area (Å²) in [7, 11) is 0. The third kappa shape index (κ3) is 4.98. The standard InChI is InChI=1S/C14H17ClF4N2.ClH/c15-11-3-1-2-10(13(11)16)12(8-14(17,18)19)21(7-6-20)9-4-5-9;/h1-3,9,12H,4-8,20H2;1H. The van der Waals surface area contributed by atoms with Gasteiger partial charge < -0.3 is 5.73 Å². The van der Waals surface area contributed by atoms with Crippen LogP contribution in [0, 0.1) is 5.82 Å². The Hall–Kier alpha value is -0.560. The summed E-state index contributed by atoms with van der Waals surface area (Å²) in [5.41, 5.74) is 5.49. The van der Waals surface area contributed by atoms with Crippen LogP contribution in [0.25, 0.3) is 0 Å². The Kier molecular flexibility index (Phi) is 6.92. The molecule has 0 bridgehead atoms. The van der Waals surface area contributed by atoms with Crippen LogP contribution in [-0.2, 0) is 0 Å². The van der Waals surface area contributed by atoms with Crippen molar-refractivity contribution in [2.75, 3.05) is 13.1 Å². The van der Waals surface area contributed by atoms with Crippen LogP contribution >= 0.6 is 24.0 Å². The Morgan fingerprint density at radius 2 is 1.95 bits per heavy atom. The molecule has 1 aliphatic carbocycles. The zero-order chi connectivity index (χ0) is 15.6. The van der Waals surface area contributed by atoms with Gasteiger partial charge in [-0.3, -0.25) is 4.90 Å². The fraction of sp³-hybridized carbons (Fsp3) is 0.571. The smallest absolute Gasteiger partial charge is 0.329 e. The van der Waals surface area contributed by atoms with Gasteiger partial charge in [0, 0.05) is 30.7 Å². The van der Waals surface area contributed by atoms with Gasteiger partial charge in [-0.2, -0.15) is 13.2 Å². The molecule has 22 heavy (non-hydrogen) atoms. The van der Waals surface area contributed by atoms with Gasteiger partial charge in [0.1, 0.15) is 5.82 Å². The van der Waals surface area contributed by atoms with E-state index in [4.69, 9.17) is 17.3 Å². The highest BCUT2D eigenvalue weighted by Gasteiger charge is 2.41. The quantitative estimate of drug-likeness (QED) is 0.765. The molecule has 2 rings (SSSR count). The second-order valence-electron chi connectivity index (χ2n) is 5.24. The first-order valence-electron chi connectivity index (χ1n) is 6.80. The number of hydrogen-bond donors (Lipinski definition) is 1. The summed E-state index contributed by atoms with van der Waals surface area (Å²) >= 11 is 5.71. The first kappa shape index (κ1) is 19.5. The van der Waals surface area contributed by atoms with Gasteiger partial charge in [0.25, 0.3) is 0 Å². The van der Waals surface area contributed by atoms with Crippen molar-refractivity contribution in [1.82, 2.24) is 4.90 Å². The molecule has 2 N–H and O–H groups in total. The van der Waals surface area contributed by atoms with Crippen LogP contribution in [0.15, 0.2) is 18.2 Å². The van der Waals surface area contributed by atoms with E-state index in [9.17, 15) is 17.6 Å². The Bertz CT molecular complexity index is 492. The second kappa shape index (κ2) is 7.81. The van der Waals surface area contributed by atoms with Gasteiger partial charge in [-0.25, -0.2) is 4.39 Å². The largest absolute Gasteiger partial charge is 0.390 e.